The molecule has 2 aliphatic heterocycles. The summed E-state index contributed by atoms with van der Waals surface area (Å²) in [7, 11) is 1.65. The van der Waals surface area contributed by atoms with Gasteiger partial charge in [-0.3, -0.25) is 19.3 Å². The van der Waals surface area contributed by atoms with E-state index in [1.165, 1.54) is 0 Å². The fourth-order valence-corrected chi connectivity index (χ4v) is 5.67. The van der Waals surface area contributed by atoms with Crippen molar-refractivity contribution in [1.29, 1.82) is 0 Å². The van der Waals surface area contributed by atoms with Gasteiger partial charge in [-0.15, -0.1) is 5.10 Å². The Balaban J connectivity index is 1.29. The highest BCUT2D eigenvalue weighted by molar-refractivity contribution is 5.88. The Morgan fingerprint density at radius 1 is 0.978 bits per heavy atom. The highest BCUT2D eigenvalue weighted by Crippen LogP contribution is 2.28. The molecule has 3 heterocycles. The molecule has 3 N–H and O–H groups in total. The molecule has 1 unspecified atom stereocenters. The number of hydrogen-bond acceptors (Lipinski definition) is 9. The van der Waals surface area contributed by atoms with Crippen LogP contribution < -0.4 is 20.7 Å². The maximum atomic E-state index is 13.6. The molecule has 13 heteroatoms. The Hall–Kier alpha value is -4.33. The van der Waals surface area contributed by atoms with Crippen molar-refractivity contribution in [3.05, 3.63) is 72.1 Å². The normalized spacial score (nSPS) is 20.6. The molecule has 2 aliphatic rings. The molecule has 5 rings (SSSR count). The third-order valence-electron chi connectivity index (χ3n) is 8.03. The van der Waals surface area contributed by atoms with Gasteiger partial charge in [0.05, 0.1) is 50.0 Å². The first kappa shape index (κ1) is 32.1. The number of amides is 3. The first-order chi connectivity index (χ1) is 21.9. The van der Waals surface area contributed by atoms with Crippen LogP contribution in [0.2, 0.25) is 0 Å². The van der Waals surface area contributed by atoms with Gasteiger partial charge in [-0.25, -0.2) is 4.68 Å². The predicted octanol–water partition coefficient (Wildman–Crippen LogP) is 1.01. The quantitative estimate of drug-likeness (QED) is 0.368. The van der Waals surface area contributed by atoms with E-state index in [1.807, 2.05) is 48.5 Å². The Morgan fingerprint density at radius 3 is 2.58 bits per heavy atom. The molecule has 240 valence electrons. The number of ether oxygens (including phenoxy) is 3. The number of nitrogens with zero attached hydrogens (tertiary/aromatic N) is 4. The van der Waals surface area contributed by atoms with Crippen LogP contribution in [0.25, 0.3) is 5.69 Å². The van der Waals surface area contributed by atoms with Gasteiger partial charge in [0.1, 0.15) is 18.4 Å². The van der Waals surface area contributed by atoms with Crippen molar-refractivity contribution in [3.8, 4) is 11.4 Å². The molecule has 2 fully saturated rings. The molecule has 0 aliphatic carbocycles. The predicted molar refractivity (Wildman–Crippen MR) is 165 cm³/mol. The molecule has 0 saturated carbocycles. The zero-order chi connectivity index (χ0) is 31.5. The minimum atomic E-state index is -0.893. The average molecular weight is 620 g/mol. The van der Waals surface area contributed by atoms with Crippen molar-refractivity contribution in [2.45, 2.75) is 43.8 Å². The van der Waals surface area contributed by atoms with Crippen LogP contribution in [0.3, 0.4) is 0 Å². The molecule has 3 aromatic rings. The van der Waals surface area contributed by atoms with Gasteiger partial charge < -0.3 is 30.2 Å². The SMILES string of the molecule is COc1cccc(CN2CCC3(CC2)CC(=O)NC(Cc2cn(-c4ccccc4)nn2)C(=O)NCCOCCOCC(=O)N3)c1. The first-order valence-electron chi connectivity index (χ1n) is 15.3. The second-order valence-electron chi connectivity index (χ2n) is 11.4. The number of carbonyl (C=O) groups is 3. The Labute approximate surface area is 262 Å². The molecule has 0 radical (unpaired) electrons. The summed E-state index contributed by atoms with van der Waals surface area (Å²) >= 11 is 0. The third kappa shape index (κ3) is 9.33. The summed E-state index contributed by atoms with van der Waals surface area (Å²) in [5.41, 5.74) is 1.72. The van der Waals surface area contributed by atoms with E-state index in [4.69, 9.17) is 14.2 Å². The number of carbonyl (C=O) groups excluding carboxylic acids is 3. The minimum absolute atomic E-state index is 0.0232. The van der Waals surface area contributed by atoms with Crippen LogP contribution in [0.1, 0.15) is 30.5 Å². The van der Waals surface area contributed by atoms with Gasteiger partial charge in [-0.05, 0) is 42.7 Å². The summed E-state index contributed by atoms with van der Waals surface area (Å²) < 4.78 is 18.0. The zero-order valence-electron chi connectivity index (χ0n) is 25.6. The van der Waals surface area contributed by atoms with Crippen LogP contribution in [0.4, 0.5) is 0 Å². The van der Waals surface area contributed by atoms with Crippen LogP contribution in [-0.4, -0.2) is 102 Å². The van der Waals surface area contributed by atoms with E-state index in [9.17, 15) is 14.4 Å². The smallest absolute Gasteiger partial charge is 0.246 e. The number of piperidine rings is 1. The summed E-state index contributed by atoms with van der Waals surface area (Å²) in [6.45, 7) is 2.99. The van der Waals surface area contributed by atoms with Crippen molar-refractivity contribution < 1.29 is 28.6 Å². The number of methoxy groups -OCH3 is 1. The molecule has 2 saturated heterocycles. The van der Waals surface area contributed by atoms with Gasteiger partial charge in [0.25, 0.3) is 0 Å². The highest BCUT2D eigenvalue weighted by atomic mass is 16.5. The van der Waals surface area contributed by atoms with Gasteiger partial charge in [-0.2, -0.15) is 0 Å². The largest absolute Gasteiger partial charge is 0.497 e. The molecule has 3 amide bonds. The van der Waals surface area contributed by atoms with Crippen molar-refractivity contribution in [2.24, 2.45) is 0 Å². The van der Waals surface area contributed by atoms with Gasteiger partial charge in [0.15, 0.2) is 0 Å². The van der Waals surface area contributed by atoms with Crippen LogP contribution >= 0.6 is 0 Å². The standard InChI is InChI=1S/C32H41N7O6/c1-43-27-9-5-6-24(18-27)21-38-13-10-32(11-14-38)20-29(40)34-28(19-25-22-39(37-36-25)26-7-3-2-4-8-26)31(42)33-12-15-44-16-17-45-23-30(41)35-32/h2-9,18,22,28H,10-17,19-21,23H2,1H3,(H,33,42)(H,34,40)(H,35,41). The van der Waals surface area contributed by atoms with E-state index in [2.05, 4.69) is 37.2 Å². The van der Waals surface area contributed by atoms with Crippen molar-refractivity contribution in [2.75, 3.05) is 53.2 Å². The molecule has 1 spiro atoms. The number of benzene rings is 2. The third-order valence-corrected chi connectivity index (χ3v) is 8.03. The van der Waals surface area contributed by atoms with E-state index >= 15 is 0 Å². The molecule has 1 aromatic heterocycles. The number of hydrogen-bond donors (Lipinski definition) is 3. The van der Waals surface area contributed by atoms with Crippen LogP contribution in [0, 0.1) is 0 Å². The maximum absolute atomic E-state index is 13.6. The monoisotopic (exact) mass is 619 g/mol. The molecule has 0 bridgehead atoms. The van der Waals surface area contributed by atoms with Crippen molar-refractivity contribution >= 4 is 17.7 Å². The summed E-state index contributed by atoms with van der Waals surface area (Å²) in [6, 6.07) is 16.6. The average Bonchev–Trinajstić information content (AvgIpc) is 3.52. The van der Waals surface area contributed by atoms with Crippen molar-refractivity contribution in [3.63, 3.8) is 0 Å². The van der Waals surface area contributed by atoms with Gasteiger partial charge >= 0.3 is 0 Å². The number of para-hydroxylation sites is 1. The fourth-order valence-electron chi connectivity index (χ4n) is 5.67. The molecule has 2 aromatic carbocycles. The number of rotatable bonds is 6. The highest BCUT2D eigenvalue weighted by Gasteiger charge is 2.39. The van der Waals surface area contributed by atoms with Crippen LogP contribution in [0.15, 0.2) is 60.8 Å². The van der Waals surface area contributed by atoms with E-state index < -0.39 is 11.6 Å². The Bertz CT molecular complexity index is 1420. The van der Waals surface area contributed by atoms with Crippen LogP contribution in [0.5, 0.6) is 5.75 Å². The van der Waals surface area contributed by atoms with E-state index in [1.54, 1.807) is 18.0 Å². The lowest BCUT2D eigenvalue weighted by atomic mass is 9.83. The lowest BCUT2D eigenvalue weighted by molar-refractivity contribution is -0.133. The van der Waals surface area contributed by atoms with Gasteiger partial charge in [0, 0.05) is 39.0 Å². The van der Waals surface area contributed by atoms with E-state index in [-0.39, 0.29) is 63.5 Å². The van der Waals surface area contributed by atoms with Gasteiger partial charge in [0.2, 0.25) is 17.7 Å². The summed E-state index contributed by atoms with van der Waals surface area (Å²) in [6.07, 6.45) is 3.03. The summed E-state index contributed by atoms with van der Waals surface area (Å²) in [4.78, 5) is 42.1. The lowest BCUT2D eigenvalue weighted by Crippen LogP contribution is -2.59. The summed E-state index contributed by atoms with van der Waals surface area (Å²) in [5, 5.41) is 17.3. The van der Waals surface area contributed by atoms with Gasteiger partial charge in [-0.1, -0.05) is 35.5 Å². The van der Waals surface area contributed by atoms with Crippen LogP contribution in [-0.2, 0) is 36.8 Å². The molecular weight excluding hydrogens is 578 g/mol. The molecular formula is C32H41N7O6. The Morgan fingerprint density at radius 2 is 1.78 bits per heavy atom. The number of likely N-dealkylation sites (tertiary alicyclic amines) is 1. The second-order valence-corrected chi connectivity index (χ2v) is 11.4. The second kappa shape index (κ2) is 15.6. The number of nitrogens with one attached hydrogen (secondary N) is 3. The summed E-state index contributed by atoms with van der Waals surface area (Å²) in [5.74, 6) is -0.177. The van der Waals surface area contributed by atoms with E-state index in [0.717, 1.165) is 23.5 Å². The molecule has 1 atom stereocenters. The molecule has 45 heavy (non-hydrogen) atoms. The minimum Gasteiger partial charge on any atom is -0.497 e. The lowest BCUT2D eigenvalue weighted by Gasteiger charge is -2.42. The zero-order valence-corrected chi connectivity index (χ0v) is 25.6. The fraction of sp³-hybridized carbons (Fsp3) is 0.469. The maximum Gasteiger partial charge on any atom is 0.246 e. The molecule has 13 nitrogen and oxygen atoms in total. The number of aromatic nitrogens is 3. The van der Waals surface area contributed by atoms with Crippen molar-refractivity contribution in [1.82, 2.24) is 35.8 Å². The first-order valence-corrected chi connectivity index (χ1v) is 15.3. The Kier molecular flexibility index (Phi) is 11.1. The van der Waals surface area contributed by atoms with E-state index in [0.29, 0.717) is 31.6 Å². The topological polar surface area (TPSA) is 149 Å².